The SMILES string of the molecule is C=CCOc1cc(Cl)c(Cl)cc1C(NS(=O)C(C)(C)C)C1CCN(C(N)=O)CC1. The van der Waals surface area contributed by atoms with Gasteiger partial charge >= 0.3 is 6.03 Å². The van der Waals surface area contributed by atoms with E-state index in [9.17, 15) is 9.00 Å². The van der Waals surface area contributed by atoms with E-state index < -0.39 is 21.8 Å². The van der Waals surface area contributed by atoms with Crippen molar-refractivity contribution in [3.8, 4) is 5.75 Å². The first-order valence-corrected chi connectivity index (χ1v) is 11.4. The molecule has 2 rings (SSSR count). The Balaban J connectivity index is 2.42. The Morgan fingerprint density at radius 3 is 2.48 bits per heavy atom. The number of benzene rings is 1. The van der Waals surface area contributed by atoms with Gasteiger partial charge in [0, 0.05) is 24.7 Å². The zero-order valence-corrected chi connectivity index (χ0v) is 19.4. The summed E-state index contributed by atoms with van der Waals surface area (Å²) in [6.07, 6.45) is 3.07. The third-order valence-electron chi connectivity index (χ3n) is 4.86. The second-order valence-electron chi connectivity index (χ2n) is 8.04. The van der Waals surface area contributed by atoms with Crippen molar-refractivity contribution < 1.29 is 13.7 Å². The van der Waals surface area contributed by atoms with E-state index in [4.69, 9.17) is 33.7 Å². The van der Waals surface area contributed by atoms with Gasteiger partial charge in [-0.15, -0.1) is 0 Å². The number of halogens is 2. The number of nitrogens with two attached hydrogens (primary N) is 1. The van der Waals surface area contributed by atoms with Crippen molar-refractivity contribution in [3.05, 3.63) is 40.4 Å². The average Bonchev–Trinajstić information content (AvgIpc) is 2.66. The predicted molar refractivity (Wildman–Crippen MR) is 120 cm³/mol. The maximum absolute atomic E-state index is 12.9. The molecule has 6 nitrogen and oxygen atoms in total. The Hall–Kier alpha value is -1.28. The molecule has 3 N–H and O–H groups in total. The number of amides is 2. The van der Waals surface area contributed by atoms with E-state index in [2.05, 4.69) is 11.3 Å². The lowest BCUT2D eigenvalue weighted by Gasteiger charge is -2.37. The largest absolute Gasteiger partial charge is 0.489 e. The highest BCUT2D eigenvalue weighted by atomic mass is 35.5. The Kier molecular flexibility index (Phi) is 8.40. The van der Waals surface area contributed by atoms with Crippen LogP contribution in [0.3, 0.4) is 0 Å². The van der Waals surface area contributed by atoms with E-state index in [1.165, 1.54) is 0 Å². The van der Waals surface area contributed by atoms with Crippen molar-refractivity contribution in [3.63, 3.8) is 0 Å². The summed E-state index contributed by atoms with van der Waals surface area (Å²) in [5.74, 6) is 0.681. The van der Waals surface area contributed by atoms with Gasteiger partial charge in [0.1, 0.15) is 12.4 Å². The van der Waals surface area contributed by atoms with Crippen LogP contribution in [0.2, 0.25) is 10.0 Å². The number of carbonyl (C=O) groups excluding carboxylic acids is 1. The first-order valence-electron chi connectivity index (χ1n) is 9.49. The fourth-order valence-corrected chi connectivity index (χ4v) is 4.45. The first kappa shape index (κ1) is 24.0. The fraction of sp³-hybridized carbons (Fsp3) is 0.550. The van der Waals surface area contributed by atoms with Gasteiger partial charge in [-0.3, -0.25) is 0 Å². The molecule has 0 saturated carbocycles. The number of likely N-dealkylation sites (tertiary alicyclic amines) is 1. The minimum Gasteiger partial charge on any atom is -0.489 e. The number of rotatable bonds is 7. The number of ether oxygens (including phenoxy) is 1. The van der Waals surface area contributed by atoms with Gasteiger partial charge in [-0.2, -0.15) is 0 Å². The molecule has 1 aliphatic rings. The van der Waals surface area contributed by atoms with Crippen molar-refractivity contribution in [2.45, 2.75) is 44.4 Å². The Labute approximate surface area is 185 Å². The minimum atomic E-state index is -1.32. The van der Waals surface area contributed by atoms with Gasteiger partial charge < -0.3 is 15.4 Å². The van der Waals surface area contributed by atoms with E-state index in [1.807, 2.05) is 20.8 Å². The number of carbonyl (C=O) groups is 1. The number of urea groups is 1. The highest BCUT2D eigenvalue weighted by Gasteiger charge is 2.34. The quantitative estimate of drug-likeness (QED) is 0.588. The van der Waals surface area contributed by atoms with Gasteiger partial charge in [0.05, 0.1) is 31.8 Å². The molecular formula is C20H29Cl2N3O3S. The Morgan fingerprint density at radius 1 is 1.38 bits per heavy atom. The molecule has 2 atom stereocenters. The van der Waals surface area contributed by atoms with E-state index in [0.29, 0.717) is 48.3 Å². The first-order chi connectivity index (χ1) is 13.5. The van der Waals surface area contributed by atoms with Crippen LogP contribution in [0.15, 0.2) is 24.8 Å². The molecule has 0 aliphatic carbocycles. The summed E-state index contributed by atoms with van der Waals surface area (Å²) in [7, 11) is -1.32. The molecule has 2 unspecified atom stereocenters. The molecule has 162 valence electrons. The molecule has 0 spiro atoms. The maximum Gasteiger partial charge on any atom is 0.314 e. The van der Waals surface area contributed by atoms with Crippen LogP contribution in [0.25, 0.3) is 0 Å². The molecule has 1 aromatic rings. The molecule has 0 aromatic heterocycles. The molecule has 0 radical (unpaired) electrons. The molecule has 0 bridgehead atoms. The molecule has 1 heterocycles. The summed E-state index contributed by atoms with van der Waals surface area (Å²) in [6.45, 7) is 10.8. The topological polar surface area (TPSA) is 84.7 Å². The zero-order chi connectivity index (χ0) is 21.8. The summed E-state index contributed by atoms with van der Waals surface area (Å²) in [5, 5.41) is 0.782. The van der Waals surface area contributed by atoms with Crippen LogP contribution in [-0.4, -0.2) is 39.6 Å². The lowest BCUT2D eigenvalue weighted by atomic mass is 9.85. The summed E-state index contributed by atoms with van der Waals surface area (Å²) < 4.78 is 21.6. The highest BCUT2D eigenvalue weighted by Crippen LogP contribution is 2.40. The second kappa shape index (κ2) is 10.2. The molecule has 29 heavy (non-hydrogen) atoms. The Bertz CT molecular complexity index is 775. The van der Waals surface area contributed by atoms with Gasteiger partial charge in [-0.1, -0.05) is 35.9 Å². The van der Waals surface area contributed by atoms with Crippen LogP contribution in [-0.2, 0) is 11.0 Å². The van der Waals surface area contributed by atoms with Crippen LogP contribution in [0.1, 0.15) is 45.2 Å². The van der Waals surface area contributed by atoms with Crippen LogP contribution >= 0.6 is 23.2 Å². The minimum absolute atomic E-state index is 0.111. The summed E-state index contributed by atoms with van der Waals surface area (Å²) in [4.78, 5) is 13.1. The predicted octanol–water partition coefficient (Wildman–Crippen LogP) is 4.44. The van der Waals surface area contributed by atoms with E-state index >= 15 is 0 Å². The number of piperidine rings is 1. The smallest absolute Gasteiger partial charge is 0.314 e. The zero-order valence-electron chi connectivity index (χ0n) is 17.0. The lowest BCUT2D eigenvalue weighted by molar-refractivity contribution is 0.167. The molecule has 9 heteroatoms. The summed E-state index contributed by atoms with van der Waals surface area (Å²) in [5.41, 5.74) is 6.20. The molecular weight excluding hydrogens is 433 g/mol. The molecule has 1 fully saturated rings. The van der Waals surface area contributed by atoms with Gasteiger partial charge in [0.2, 0.25) is 0 Å². The van der Waals surface area contributed by atoms with Crippen LogP contribution in [0, 0.1) is 5.92 Å². The van der Waals surface area contributed by atoms with Gasteiger partial charge in [0.15, 0.2) is 0 Å². The maximum atomic E-state index is 12.9. The average molecular weight is 462 g/mol. The number of hydrogen-bond donors (Lipinski definition) is 2. The number of nitrogens with one attached hydrogen (secondary N) is 1. The standard InChI is InChI=1S/C20H29Cl2N3O3S/c1-5-10-28-17-12-16(22)15(21)11-14(17)18(24-29(27)20(2,3)4)13-6-8-25(9-7-13)19(23)26/h5,11-13,18,24H,1,6-10H2,2-4H3,(H2,23,26). The monoisotopic (exact) mass is 461 g/mol. The number of primary amides is 1. The molecule has 1 aliphatic heterocycles. The van der Waals surface area contributed by atoms with E-state index in [0.717, 1.165) is 5.56 Å². The summed E-state index contributed by atoms with van der Waals surface area (Å²) >= 11 is 12.5. The molecule has 2 amide bonds. The van der Waals surface area contributed by atoms with Gasteiger partial charge in [0.25, 0.3) is 0 Å². The van der Waals surface area contributed by atoms with Crippen molar-refractivity contribution in [1.29, 1.82) is 0 Å². The number of hydrogen-bond acceptors (Lipinski definition) is 3. The third-order valence-corrected chi connectivity index (χ3v) is 7.16. The van der Waals surface area contributed by atoms with Gasteiger partial charge in [-0.25, -0.2) is 13.7 Å². The van der Waals surface area contributed by atoms with Crippen LogP contribution in [0.4, 0.5) is 4.79 Å². The fourth-order valence-electron chi connectivity index (χ4n) is 3.22. The summed E-state index contributed by atoms with van der Waals surface area (Å²) in [6, 6.07) is 2.73. The lowest BCUT2D eigenvalue weighted by Crippen LogP contribution is -2.45. The van der Waals surface area contributed by atoms with Crippen molar-refractivity contribution in [2.75, 3.05) is 19.7 Å². The van der Waals surface area contributed by atoms with Crippen molar-refractivity contribution >= 4 is 40.2 Å². The second-order valence-corrected chi connectivity index (χ2v) is 10.9. The van der Waals surface area contributed by atoms with Crippen molar-refractivity contribution in [2.24, 2.45) is 11.7 Å². The Morgan fingerprint density at radius 2 is 1.97 bits per heavy atom. The van der Waals surface area contributed by atoms with Gasteiger partial charge in [-0.05, 0) is 45.6 Å². The van der Waals surface area contributed by atoms with Crippen molar-refractivity contribution in [1.82, 2.24) is 9.62 Å². The third kappa shape index (κ3) is 6.35. The molecule has 1 aromatic carbocycles. The van der Waals surface area contributed by atoms with Crippen LogP contribution < -0.4 is 15.2 Å². The molecule has 1 saturated heterocycles. The van der Waals surface area contributed by atoms with Crippen LogP contribution in [0.5, 0.6) is 5.75 Å². The van der Waals surface area contributed by atoms with E-state index in [-0.39, 0.29) is 12.0 Å². The normalized spacial score (nSPS) is 17.6. The highest BCUT2D eigenvalue weighted by molar-refractivity contribution is 7.84. The van der Waals surface area contributed by atoms with E-state index in [1.54, 1.807) is 23.1 Å². The number of nitrogens with zero attached hydrogens (tertiary/aromatic N) is 1.